The lowest BCUT2D eigenvalue weighted by molar-refractivity contribution is 0.283. The molecule has 0 aliphatic heterocycles. The van der Waals surface area contributed by atoms with Crippen LogP contribution in [0, 0.1) is 0 Å². The normalized spacial score (nSPS) is 9.75. The summed E-state index contributed by atoms with van der Waals surface area (Å²) in [4.78, 5) is 0. The number of H-pyrrole nitrogens is 1. The third-order valence-corrected chi connectivity index (χ3v) is 1.75. The summed E-state index contributed by atoms with van der Waals surface area (Å²) in [6.07, 6.45) is 1.72. The predicted molar refractivity (Wildman–Crippen MR) is 52.3 cm³/mol. The average Bonchev–Trinajstić information content (AvgIpc) is 2.50. The van der Waals surface area contributed by atoms with Crippen LogP contribution in [0.15, 0.2) is 24.4 Å². The van der Waals surface area contributed by atoms with Crippen LogP contribution in [0.1, 0.15) is 5.56 Å². The number of aromatic amines is 1. The molecule has 0 aliphatic rings. The van der Waals surface area contributed by atoms with Gasteiger partial charge in [0.15, 0.2) is 0 Å². The van der Waals surface area contributed by atoms with E-state index in [1.165, 1.54) is 0 Å². The molecule has 3 nitrogen and oxygen atoms in total. The maximum atomic E-state index is 8.91. The van der Waals surface area contributed by atoms with E-state index >= 15 is 0 Å². The molecule has 1 heterocycles. The number of halogens is 1. The van der Waals surface area contributed by atoms with Crippen LogP contribution in [-0.2, 0) is 6.61 Å². The molecule has 4 heteroatoms. The molecule has 0 aliphatic carbocycles. The van der Waals surface area contributed by atoms with E-state index in [1.54, 1.807) is 6.20 Å². The summed E-state index contributed by atoms with van der Waals surface area (Å²) >= 11 is 0. The number of fused-ring (bicyclic) bond motifs is 1. The van der Waals surface area contributed by atoms with Crippen molar-refractivity contribution in [1.82, 2.24) is 10.2 Å². The molecule has 0 radical (unpaired) electrons. The highest BCUT2D eigenvalue weighted by molar-refractivity contribution is 8.93. The number of hydrogen-bond donors (Lipinski definition) is 2. The fraction of sp³-hybridized carbons (Fsp3) is 0.125. The number of rotatable bonds is 1. The Morgan fingerprint density at radius 3 is 3.00 bits per heavy atom. The zero-order valence-electron chi connectivity index (χ0n) is 6.32. The summed E-state index contributed by atoms with van der Waals surface area (Å²) in [5, 5.41) is 16.6. The van der Waals surface area contributed by atoms with Crippen LogP contribution in [0.3, 0.4) is 0 Å². The maximum absolute atomic E-state index is 8.91. The highest BCUT2D eigenvalue weighted by Gasteiger charge is 1.98. The molecule has 2 aromatic rings. The number of aliphatic hydroxyl groups is 1. The topological polar surface area (TPSA) is 48.9 Å². The Labute approximate surface area is 80.2 Å². The van der Waals surface area contributed by atoms with Crippen LogP contribution in [-0.4, -0.2) is 15.3 Å². The number of hydrogen-bond acceptors (Lipinski definition) is 2. The Morgan fingerprint density at radius 2 is 2.25 bits per heavy atom. The third-order valence-electron chi connectivity index (χ3n) is 1.75. The number of aliphatic hydroxyl groups excluding tert-OH is 1. The zero-order chi connectivity index (χ0) is 7.68. The van der Waals surface area contributed by atoms with Gasteiger partial charge in [0.25, 0.3) is 0 Å². The SMILES string of the molecule is Br.OCc1cccc2[nH]ncc12. The minimum absolute atomic E-state index is 0. The molecule has 0 saturated carbocycles. The summed E-state index contributed by atoms with van der Waals surface area (Å²) in [5.74, 6) is 0. The van der Waals surface area contributed by atoms with Crippen LogP contribution in [0.5, 0.6) is 0 Å². The molecule has 0 saturated heterocycles. The molecule has 0 bridgehead atoms. The van der Waals surface area contributed by atoms with Gasteiger partial charge in [0.1, 0.15) is 0 Å². The molecule has 64 valence electrons. The Morgan fingerprint density at radius 1 is 1.42 bits per heavy atom. The highest BCUT2D eigenvalue weighted by atomic mass is 79.9. The van der Waals surface area contributed by atoms with Crippen molar-refractivity contribution in [2.75, 3.05) is 0 Å². The van der Waals surface area contributed by atoms with Crippen molar-refractivity contribution in [3.05, 3.63) is 30.0 Å². The molecule has 2 N–H and O–H groups in total. The molecular weight excluding hydrogens is 220 g/mol. The number of benzene rings is 1. The second kappa shape index (κ2) is 3.69. The minimum Gasteiger partial charge on any atom is -0.392 e. The van der Waals surface area contributed by atoms with Gasteiger partial charge in [0.2, 0.25) is 0 Å². The first-order valence-electron chi connectivity index (χ1n) is 3.43. The predicted octanol–water partition coefficient (Wildman–Crippen LogP) is 1.63. The first kappa shape index (κ1) is 9.22. The van der Waals surface area contributed by atoms with Crippen LogP contribution < -0.4 is 0 Å². The van der Waals surface area contributed by atoms with E-state index in [2.05, 4.69) is 10.2 Å². The molecular formula is C8H9BrN2O. The lowest BCUT2D eigenvalue weighted by Gasteiger charge is -1.95. The van der Waals surface area contributed by atoms with E-state index in [-0.39, 0.29) is 23.6 Å². The van der Waals surface area contributed by atoms with Gasteiger partial charge in [-0.3, -0.25) is 5.10 Å². The summed E-state index contributed by atoms with van der Waals surface area (Å²) in [6, 6.07) is 5.71. The van der Waals surface area contributed by atoms with E-state index in [9.17, 15) is 0 Å². The molecule has 0 amide bonds. The lowest BCUT2D eigenvalue weighted by atomic mass is 10.1. The van der Waals surface area contributed by atoms with Crippen LogP contribution in [0.25, 0.3) is 10.9 Å². The van der Waals surface area contributed by atoms with Crippen molar-refractivity contribution < 1.29 is 5.11 Å². The van der Waals surface area contributed by atoms with Gasteiger partial charge in [0.05, 0.1) is 18.3 Å². The lowest BCUT2D eigenvalue weighted by Crippen LogP contribution is -1.81. The van der Waals surface area contributed by atoms with E-state index < -0.39 is 0 Å². The molecule has 1 aromatic carbocycles. The van der Waals surface area contributed by atoms with E-state index in [0.29, 0.717) is 0 Å². The molecule has 0 spiro atoms. The molecule has 0 unspecified atom stereocenters. The van der Waals surface area contributed by atoms with Crippen molar-refractivity contribution >= 4 is 27.9 Å². The van der Waals surface area contributed by atoms with Gasteiger partial charge >= 0.3 is 0 Å². The third kappa shape index (κ3) is 1.35. The van der Waals surface area contributed by atoms with Crippen molar-refractivity contribution in [1.29, 1.82) is 0 Å². The monoisotopic (exact) mass is 228 g/mol. The van der Waals surface area contributed by atoms with Crippen molar-refractivity contribution in [2.24, 2.45) is 0 Å². The van der Waals surface area contributed by atoms with Gasteiger partial charge in [-0.1, -0.05) is 12.1 Å². The number of aromatic nitrogens is 2. The molecule has 0 atom stereocenters. The van der Waals surface area contributed by atoms with Crippen molar-refractivity contribution in [3.8, 4) is 0 Å². The number of nitrogens with one attached hydrogen (secondary N) is 1. The Balaban J connectivity index is 0.000000720. The van der Waals surface area contributed by atoms with E-state index in [1.807, 2.05) is 18.2 Å². The Hall–Kier alpha value is -0.870. The molecule has 12 heavy (non-hydrogen) atoms. The number of nitrogens with zero attached hydrogens (tertiary/aromatic N) is 1. The molecule has 1 aromatic heterocycles. The van der Waals surface area contributed by atoms with Gasteiger partial charge in [-0.25, -0.2) is 0 Å². The first-order valence-corrected chi connectivity index (χ1v) is 3.43. The standard InChI is InChI=1S/C8H8N2O.BrH/c11-5-6-2-1-3-8-7(6)4-9-10-8;/h1-4,11H,5H2,(H,9,10);1H. The summed E-state index contributed by atoms with van der Waals surface area (Å²) in [5.41, 5.74) is 1.88. The van der Waals surface area contributed by atoms with Gasteiger partial charge < -0.3 is 5.11 Å². The minimum atomic E-state index is 0. The second-order valence-corrected chi connectivity index (χ2v) is 2.41. The van der Waals surface area contributed by atoms with Gasteiger partial charge in [-0.2, -0.15) is 5.10 Å². The van der Waals surface area contributed by atoms with E-state index in [4.69, 9.17) is 5.11 Å². The molecule has 2 rings (SSSR count). The Bertz CT molecular complexity index is 372. The Kier molecular flexibility index (Phi) is 2.83. The fourth-order valence-corrected chi connectivity index (χ4v) is 1.17. The summed E-state index contributed by atoms with van der Waals surface area (Å²) in [6.45, 7) is 0.0663. The first-order chi connectivity index (χ1) is 5.42. The van der Waals surface area contributed by atoms with Gasteiger partial charge in [-0.05, 0) is 11.6 Å². The van der Waals surface area contributed by atoms with Gasteiger partial charge in [0, 0.05) is 5.39 Å². The fourth-order valence-electron chi connectivity index (χ4n) is 1.17. The summed E-state index contributed by atoms with van der Waals surface area (Å²) < 4.78 is 0. The van der Waals surface area contributed by atoms with Crippen molar-refractivity contribution in [3.63, 3.8) is 0 Å². The van der Waals surface area contributed by atoms with Gasteiger partial charge in [-0.15, -0.1) is 17.0 Å². The summed E-state index contributed by atoms with van der Waals surface area (Å²) in [7, 11) is 0. The quantitative estimate of drug-likeness (QED) is 0.780. The maximum Gasteiger partial charge on any atom is 0.0689 e. The van der Waals surface area contributed by atoms with Crippen LogP contribution >= 0.6 is 17.0 Å². The highest BCUT2D eigenvalue weighted by Crippen LogP contribution is 2.15. The zero-order valence-corrected chi connectivity index (χ0v) is 8.03. The van der Waals surface area contributed by atoms with Crippen LogP contribution in [0.2, 0.25) is 0 Å². The average molecular weight is 229 g/mol. The molecule has 0 fully saturated rings. The van der Waals surface area contributed by atoms with E-state index in [0.717, 1.165) is 16.5 Å². The van der Waals surface area contributed by atoms with Crippen LogP contribution in [0.4, 0.5) is 0 Å². The smallest absolute Gasteiger partial charge is 0.0689 e. The second-order valence-electron chi connectivity index (χ2n) is 2.41. The van der Waals surface area contributed by atoms with Crippen molar-refractivity contribution in [2.45, 2.75) is 6.61 Å². The largest absolute Gasteiger partial charge is 0.392 e.